The third-order valence-corrected chi connectivity index (χ3v) is 3.72. The van der Waals surface area contributed by atoms with E-state index in [0.29, 0.717) is 11.3 Å². The van der Waals surface area contributed by atoms with Crippen molar-refractivity contribution >= 4 is 22.2 Å². The molecule has 22 heavy (non-hydrogen) atoms. The summed E-state index contributed by atoms with van der Waals surface area (Å²) in [5.41, 5.74) is 2.99. The van der Waals surface area contributed by atoms with E-state index in [1.54, 1.807) is 18.2 Å². The second-order valence-corrected chi connectivity index (χ2v) is 5.02. The number of nitro groups is 1. The SMILES string of the molecule is O=[N+]([O-])c1ccccc1-c1cn2c(ccc3ccccc32)n1. The van der Waals surface area contributed by atoms with Crippen LogP contribution in [0.2, 0.25) is 0 Å². The van der Waals surface area contributed by atoms with Crippen molar-refractivity contribution in [1.29, 1.82) is 0 Å². The first-order valence-corrected chi connectivity index (χ1v) is 6.85. The summed E-state index contributed by atoms with van der Waals surface area (Å²) < 4.78 is 1.96. The molecule has 4 aromatic rings. The zero-order valence-corrected chi connectivity index (χ0v) is 11.5. The van der Waals surface area contributed by atoms with Gasteiger partial charge < -0.3 is 0 Å². The topological polar surface area (TPSA) is 60.4 Å². The van der Waals surface area contributed by atoms with Crippen molar-refractivity contribution in [3.05, 3.63) is 77.0 Å². The highest BCUT2D eigenvalue weighted by atomic mass is 16.6. The van der Waals surface area contributed by atoms with Crippen LogP contribution in [-0.2, 0) is 0 Å². The van der Waals surface area contributed by atoms with Gasteiger partial charge in [-0.2, -0.15) is 0 Å². The van der Waals surface area contributed by atoms with Gasteiger partial charge in [-0.15, -0.1) is 0 Å². The Bertz CT molecular complexity index is 1020. The molecule has 0 amide bonds. The van der Waals surface area contributed by atoms with Crippen molar-refractivity contribution in [2.45, 2.75) is 0 Å². The first-order chi connectivity index (χ1) is 10.7. The number of nitrogens with zero attached hydrogens (tertiary/aromatic N) is 3. The summed E-state index contributed by atoms with van der Waals surface area (Å²) in [4.78, 5) is 15.4. The molecular weight excluding hydrogens is 278 g/mol. The Hall–Kier alpha value is -3.21. The van der Waals surface area contributed by atoms with Crippen molar-refractivity contribution in [3.63, 3.8) is 0 Å². The molecule has 0 fully saturated rings. The van der Waals surface area contributed by atoms with Gasteiger partial charge in [0.15, 0.2) is 0 Å². The number of fused-ring (bicyclic) bond motifs is 3. The number of hydrogen-bond acceptors (Lipinski definition) is 3. The number of hydrogen-bond donors (Lipinski definition) is 0. The lowest BCUT2D eigenvalue weighted by Gasteiger charge is -2.00. The third-order valence-electron chi connectivity index (χ3n) is 3.72. The zero-order valence-electron chi connectivity index (χ0n) is 11.5. The molecule has 2 aromatic heterocycles. The summed E-state index contributed by atoms with van der Waals surface area (Å²) in [5.74, 6) is 0. The Balaban J connectivity index is 2.01. The number of para-hydroxylation sites is 2. The van der Waals surface area contributed by atoms with E-state index in [1.807, 2.05) is 47.0 Å². The van der Waals surface area contributed by atoms with Crippen molar-refractivity contribution in [2.75, 3.05) is 0 Å². The van der Waals surface area contributed by atoms with E-state index in [2.05, 4.69) is 4.98 Å². The van der Waals surface area contributed by atoms with E-state index in [-0.39, 0.29) is 10.6 Å². The molecule has 106 valence electrons. The summed E-state index contributed by atoms with van der Waals surface area (Å²) in [6, 6.07) is 18.6. The predicted octanol–water partition coefficient (Wildman–Crippen LogP) is 4.06. The molecule has 0 aliphatic rings. The number of rotatable bonds is 2. The number of nitro benzene ring substituents is 1. The van der Waals surface area contributed by atoms with Gasteiger partial charge >= 0.3 is 0 Å². The van der Waals surface area contributed by atoms with Gasteiger partial charge in [-0.05, 0) is 29.7 Å². The molecule has 0 saturated heterocycles. The van der Waals surface area contributed by atoms with Crippen molar-refractivity contribution in [2.24, 2.45) is 0 Å². The summed E-state index contributed by atoms with van der Waals surface area (Å²) in [7, 11) is 0. The second kappa shape index (κ2) is 4.66. The van der Waals surface area contributed by atoms with Gasteiger partial charge in [-0.25, -0.2) is 4.98 Å². The van der Waals surface area contributed by atoms with Crippen LogP contribution in [0.15, 0.2) is 66.9 Å². The molecule has 0 atom stereocenters. The molecule has 0 N–H and O–H groups in total. The van der Waals surface area contributed by atoms with Crippen LogP contribution in [0.25, 0.3) is 27.8 Å². The van der Waals surface area contributed by atoms with Crippen LogP contribution in [0.4, 0.5) is 5.69 Å². The van der Waals surface area contributed by atoms with E-state index in [1.165, 1.54) is 6.07 Å². The lowest BCUT2D eigenvalue weighted by atomic mass is 10.1. The third kappa shape index (κ3) is 1.83. The molecule has 0 aliphatic carbocycles. The molecule has 5 heteroatoms. The molecule has 2 heterocycles. The minimum Gasteiger partial charge on any atom is -0.299 e. The molecule has 0 aliphatic heterocycles. The fourth-order valence-electron chi connectivity index (χ4n) is 2.70. The minimum absolute atomic E-state index is 0.0650. The van der Waals surface area contributed by atoms with Crippen LogP contribution in [0.1, 0.15) is 0 Å². The number of pyridine rings is 1. The normalized spacial score (nSPS) is 11.1. The number of aromatic nitrogens is 2. The summed E-state index contributed by atoms with van der Waals surface area (Å²) >= 11 is 0. The maximum atomic E-state index is 11.2. The average molecular weight is 289 g/mol. The molecule has 2 aromatic carbocycles. The van der Waals surface area contributed by atoms with E-state index in [9.17, 15) is 10.1 Å². The highest BCUT2D eigenvalue weighted by Crippen LogP contribution is 2.30. The van der Waals surface area contributed by atoms with Gasteiger partial charge in [-0.3, -0.25) is 14.5 Å². The van der Waals surface area contributed by atoms with Gasteiger partial charge in [0.2, 0.25) is 0 Å². The first-order valence-electron chi connectivity index (χ1n) is 6.85. The lowest BCUT2D eigenvalue weighted by Crippen LogP contribution is -1.91. The molecule has 0 bridgehead atoms. The highest BCUT2D eigenvalue weighted by Gasteiger charge is 2.17. The van der Waals surface area contributed by atoms with E-state index < -0.39 is 0 Å². The molecule has 0 radical (unpaired) electrons. The smallest absolute Gasteiger partial charge is 0.278 e. The van der Waals surface area contributed by atoms with Crippen LogP contribution in [0.3, 0.4) is 0 Å². The predicted molar refractivity (Wildman–Crippen MR) is 84.8 cm³/mol. The lowest BCUT2D eigenvalue weighted by molar-refractivity contribution is -0.384. The summed E-state index contributed by atoms with van der Waals surface area (Å²) in [5, 5.41) is 12.3. The first kappa shape index (κ1) is 12.5. The van der Waals surface area contributed by atoms with Gasteiger partial charge in [0, 0.05) is 12.3 Å². The number of benzene rings is 2. The molecule has 0 saturated carbocycles. The fourth-order valence-corrected chi connectivity index (χ4v) is 2.70. The molecular formula is C17H11N3O2. The molecule has 4 rings (SSSR count). The van der Waals surface area contributed by atoms with Crippen LogP contribution >= 0.6 is 0 Å². The van der Waals surface area contributed by atoms with Crippen molar-refractivity contribution in [1.82, 2.24) is 9.38 Å². The Morgan fingerprint density at radius 3 is 2.59 bits per heavy atom. The Kier molecular flexibility index (Phi) is 2.66. The standard InChI is InChI=1S/C17H11N3O2/c21-20(22)16-8-4-2-6-13(16)14-11-19-15-7-3-1-5-12(15)9-10-17(19)18-14/h1-11H. The van der Waals surface area contributed by atoms with E-state index in [4.69, 9.17) is 0 Å². The minimum atomic E-state index is -0.378. The fraction of sp³-hybridized carbons (Fsp3) is 0. The van der Waals surface area contributed by atoms with Gasteiger partial charge in [-0.1, -0.05) is 30.3 Å². The molecule has 0 unspecified atom stereocenters. The zero-order chi connectivity index (χ0) is 15.1. The van der Waals surface area contributed by atoms with Crippen molar-refractivity contribution in [3.8, 4) is 11.3 Å². The molecule has 0 spiro atoms. The Morgan fingerprint density at radius 2 is 1.73 bits per heavy atom. The van der Waals surface area contributed by atoms with E-state index in [0.717, 1.165) is 16.6 Å². The van der Waals surface area contributed by atoms with Gasteiger partial charge in [0.25, 0.3) is 5.69 Å². The maximum Gasteiger partial charge on any atom is 0.278 e. The quantitative estimate of drug-likeness (QED) is 0.413. The van der Waals surface area contributed by atoms with Gasteiger partial charge in [0.1, 0.15) is 5.65 Å². The average Bonchev–Trinajstić information content (AvgIpc) is 2.99. The highest BCUT2D eigenvalue weighted by molar-refractivity contribution is 5.83. The van der Waals surface area contributed by atoms with Crippen LogP contribution in [0.5, 0.6) is 0 Å². The van der Waals surface area contributed by atoms with Crippen LogP contribution in [0, 0.1) is 10.1 Å². The largest absolute Gasteiger partial charge is 0.299 e. The Labute approximate surface area is 125 Å². The van der Waals surface area contributed by atoms with Crippen molar-refractivity contribution < 1.29 is 4.92 Å². The van der Waals surface area contributed by atoms with Gasteiger partial charge in [0.05, 0.1) is 21.7 Å². The number of imidazole rings is 1. The monoisotopic (exact) mass is 289 g/mol. The summed E-state index contributed by atoms with van der Waals surface area (Å²) in [6.07, 6.45) is 1.85. The van der Waals surface area contributed by atoms with Crippen LogP contribution in [-0.4, -0.2) is 14.3 Å². The Morgan fingerprint density at radius 1 is 0.955 bits per heavy atom. The maximum absolute atomic E-state index is 11.2. The summed E-state index contributed by atoms with van der Waals surface area (Å²) in [6.45, 7) is 0. The second-order valence-electron chi connectivity index (χ2n) is 5.02. The molecule has 5 nitrogen and oxygen atoms in total. The van der Waals surface area contributed by atoms with Crippen LogP contribution < -0.4 is 0 Å². The van der Waals surface area contributed by atoms with E-state index >= 15 is 0 Å².